The molecule has 1 saturated heterocycles. The number of amides is 1. The third-order valence-corrected chi connectivity index (χ3v) is 5.25. The lowest BCUT2D eigenvalue weighted by molar-refractivity contribution is -0.139. The van der Waals surface area contributed by atoms with Gasteiger partial charge in [-0.1, -0.05) is 30.3 Å². The Morgan fingerprint density at radius 1 is 1.21 bits per heavy atom. The molecule has 0 radical (unpaired) electrons. The number of nitrogens with one attached hydrogen (secondary N) is 2. The maximum atomic E-state index is 12.7. The van der Waals surface area contributed by atoms with Gasteiger partial charge in [-0.25, -0.2) is 4.79 Å². The van der Waals surface area contributed by atoms with Gasteiger partial charge in [0.05, 0.1) is 6.61 Å². The molecule has 0 aliphatic carbocycles. The Hall–Kier alpha value is -3.12. The van der Waals surface area contributed by atoms with Crippen molar-refractivity contribution in [2.75, 3.05) is 13.2 Å². The lowest BCUT2D eigenvalue weighted by Gasteiger charge is -2.15. The van der Waals surface area contributed by atoms with Crippen LogP contribution in [0.3, 0.4) is 0 Å². The zero-order chi connectivity index (χ0) is 19.5. The van der Waals surface area contributed by atoms with Crippen molar-refractivity contribution in [3.05, 3.63) is 71.4 Å². The quantitative estimate of drug-likeness (QED) is 0.615. The highest BCUT2D eigenvalue weighted by molar-refractivity contribution is 5.97. The first-order chi connectivity index (χ1) is 13.6. The molecule has 1 aromatic heterocycles. The number of para-hydroxylation sites is 1. The number of carbonyl (C=O) groups excluding carboxylic acids is 1. The summed E-state index contributed by atoms with van der Waals surface area (Å²) in [6.45, 7) is 1.39. The second-order valence-electron chi connectivity index (χ2n) is 7.11. The van der Waals surface area contributed by atoms with Crippen LogP contribution < -0.4 is 5.32 Å². The molecule has 3 N–H and O–H groups in total. The Labute approximate surface area is 162 Å². The second kappa shape index (κ2) is 7.86. The molecule has 1 unspecified atom stereocenters. The molecule has 1 amide bonds. The van der Waals surface area contributed by atoms with Gasteiger partial charge in [0.25, 0.3) is 5.91 Å². The normalized spacial score (nSPS) is 17.5. The molecule has 1 fully saturated rings. The van der Waals surface area contributed by atoms with Gasteiger partial charge in [0.1, 0.15) is 6.04 Å². The lowest BCUT2D eigenvalue weighted by Crippen LogP contribution is -2.42. The van der Waals surface area contributed by atoms with Crippen molar-refractivity contribution in [3.8, 4) is 0 Å². The standard InChI is InChI=1S/C22H22N2O4/c25-21(15-5-3-4-14(10-15)16-8-9-28-13-16)24-20(22(26)27)11-17-12-23-19-7-2-1-6-18(17)19/h1-7,10,12,16,20,23H,8-9,11,13H2,(H,24,25)(H,26,27)/t16?,20-/m1/s1. The number of hydrogen-bond acceptors (Lipinski definition) is 3. The Bertz CT molecular complexity index is 1000. The summed E-state index contributed by atoms with van der Waals surface area (Å²) in [7, 11) is 0. The van der Waals surface area contributed by atoms with Gasteiger partial charge in [-0.2, -0.15) is 0 Å². The van der Waals surface area contributed by atoms with Gasteiger partial charge in [0.15, 0.2) is 0 Å². The maximum absolute atomic E-state index is 12.7. The monoisotopic (exact) mass is 378 g/mol. The molecule has 1 aliphatic rings. The van der Waals surface area contributed by atoms with Gasteiger partial charge in [0.2, 0.25) is 0 Å². The zero-order valence-electron chi connectivity index (χ0n) is 15.4. The third-order valence-electron chi connectivity index (χ3n) is 5.25. The number of fused-ring (bicyclic) bond motifs is 1. The summed E-state index contributed by atoms with van der Waals surface area (Å²) in [5.74, 6) is -1.15. The number of carboxylic acid groups (broad SMARTS) is 1. The number of hydrogen-bond donors (Lipinski definition) is 3. The number of ether oxygens (including phenoxy) is 1. The number of aromatic nitrogens is 1. The number of benzene rings is 2. The highest BCUT2D eigenvalue weighted by Gasteiger charge is 2.24. The fourth-order valence-electron chi connectivity index (χ4n) is 3.69. The van der Waals surface area contributed by atoms with E-state index >= 15 is 0 Å². The number of aromatic amines is 1. The smallest absolute Gasteiger partial charge is 0.326 e. The molecule has 3 aromatic rings. The van der Waals surface area contributed by atoms with E-state index in [2.05, 4.69) is 10.3 Å². The largest absolute Gasteiger partial charge is 0.480 e. The minimum atomic E-state index is -1.06. The van der Waals surface area contributed by atoms with Gasteiger partial charge in [-0.3, -0.25) is 4.79 Å². The van der Waals surface area contributed by atoms with Gasteiger partial charge in [0, 0.05) is 41.6 Å². The summed E-state index contributed by atoms with van der Waals surface area (Å²) in [6.07, 6.45) is 2.94. The van der Waals surface area contributed by atoms with E-state index in [0.717, 1.165) is 35.1 Å². The third kappa shape index (κ3) is 3.77. The van der Waals surface area contributed by atoms with Gasteiger partial charge >= 0.3 is 5.97 Å². The van der Waals surface area contributed by atoms with Crippen LogP contribution in [-0.2, 0) is 16.0 Å². The zero-order valence-corrected chi connectivity index (χ0v) is 15.4. The summed E-state index contributed by atoms with van der Waals surface area (Å²) in [5, 5.41) is 13.3. The van der Waals surface area contributed by atoms with Crippen LogP contribution in [0.15, 0.2) is 54.7 Å². The van der Waals surface area contributed by atoms with E-state index < -0.39 is 12.0 Å². The van der Waals surface area contributed by atoms with Crippen LogP contribution in [0.5, 0.6) is 0 Å². The molecule has 28 heavy (non-hydrogen) atoms. The van der Waals surface area contributed by atoms with Gasteiger partial charge < -0.3 is 20.1 Å². The molecule has 6 nitrogen and oxygen atoms in total. The summed E-state index contributed by atoms with van der Waals surface area (Å²) >= 11 is 0. The van der Waals surface area contributed by atoms with Crippen LogP contribution in [0.2, 0.25) is 0 Å². The highest BCUT2D eigenvalue weighted by Crippen LogP contribution is 2.26. The maximum Gasteiger partial charge on any atom is 0.326 e. The summed E-state index contributed by atoms with van der Waals surface area (Å²) in [4.78, 5) is 27.6. The Balaban J connectivity index is 1.51. The first-order valence-corrected chi connectivity index (χ1v) is 9.38. The molecule has 144 valence electrons. The van der Waals surface area contributed by atoms with E-state index in [1.165, 1.54) is 0 Å². The van der Waals surface area contributed by atoms with E-state index in [9.17, 15) is 14.7 Å². The summed E-state index contributed by atoms with van der Waals surface area (Å²) in [5.41, 5.74) is 3.32. The Kier molecular flexibility index (Phi) is 5.12. The van der Waals surface area contributed by atoms with E-state index in [1.807, 2.05) is 42.5 Å². The predicted molar refractivity (Wildman–Crippen MR) is 106 cm³/mol. The molecule has 1 aliphatic heterocycles. The van der Waals surface area contributed by atoms with Crippen molar-refractivity contribution in [1.29, 1.82) is 0 Å². The minimum absolute atomic E-state index is 0.210. The van der Waals surface area contributed by atoms with Crippen LogP contribution in [0, 0.1) is 0 Å². The van der Waals surface area contributed by atoms with Crippen LogP contribution in [-0.4, -0.2) is 41.2 Å². The average molecular weight is 378 g/mol. The van der Waals surface area contributed by atoms with Crippen LogP contribution >= 0.6 is 0 Å². The molecular formula is C22H22N2O4. The molecule has 0 saturated carbocycles. The molecule has 0 spiro atoms. The topological polar surface area (TPSA) is 91.4 Å². The number of carbonyl (C=O) groups is 2. The van der Waals surface area contributed by atoms with Crippen LogP contribution in [0.4, 0.5) is 0 Å². The fourth-order valence-corrected chi connectivity index (χ4v) is 3.69. The SMILES string of the molecule is O=C(N[C@H](Cc1c[nH]c2ccccc12)C(=O)O)c1cccc(C2CCOC2)c1. The molecule has 2 heterocycles. The van der Waals surface area contributed by atoms with E-state index in [1.54, 1.807) is 12.3 Å². The van der Waals surface area contributed by atoms with Crippen molar-refractivity contribution in [3.63, 3.8) is 0 Å². The number of aliphatic carboxylic acids is 1. The Morgan fingerprint density at radius 2 is 2.07 bits per heavy atom. The highest BCUT2D eigenvalue weighted by atomic mass is 16.5. The van der Waals surface area contributed by atoms with Crippen LogP contribution in [0.1, 0.15) is 33.8 Å². The summed E-state index contributed by atoms with van der Waals surface area (Å²) in [6, 6.07) is 14.0. The van der Waals surface area contributed by atoms with E-state index in [-0.39, 0.29) is 18.2 Å². The summed E-state index contributed by atoms with van der Waals surface area (Å²) < 4.78 is 5.42. The lowest BCUT2D eigenvalue weighted by atomic mass is 9.96. The van der Waals surface area contributed by atoms with Crippen molar-refractivity contribution in [2.24, 2.45) is 0 Å². The second-order valence-corrected chi connectivity index (χ2v) is 7.11. The van der Waals surface area contributed by atoms with Gasteiger partial charge in [-0.15, -0.1) is 0 Å². The Morgan fingerprint density at radius 3 is 2.86 bits per heavy atom. The molecule has 4 rings (SSSR count). The van der Waals surface area contributed by atoms with E-state index in [0.29, 0.717) is 12.2 Å². The fraction of sp³-hybridized carbons (Fsp3) is 0.273. The minimum Gasteiger partial charge on any atom is -0.480 e. The molecule has 6 heteroatoms. The van der Waals surface area contributed by atoms with Crippen molar-refractivity contribution >= 4 is 22.8 Å². The average Bonchev–Trinajstić information content (AvgIpc) is 3.38. The molecular weight excluding hydrogens is 356 g/mol. The van der Waals surface area contributed by atoms with Crippen molar-refractivity contribution < 1.29 is 19.4 Å². The van der Waals surface area contributed by atoms with E-state index in [4.69, 9.17) is 4.74 Å². The van der Waals surface area contributed by atoms with Crippen molar-refractivity contribution in [1.82, 2.24) is 10.3 Å². The predicted octanol–water partition coefficient (Wildman–Crippen LogP) is 3.10. The van der Waals surface area contributed by atoms with Crippen LogP contribution in [0.25, 0.3) is 10.9 Å². The van der Waals surface area contributed by atoms with Crippen molar-refractivity contribution in [2.45, 2.75) is 24.8 Å². The number of carboxylic acids is 1. The number of rotatable bonds is 6. The number of H-pyrrole nitrogens is 1. The molecule has 2 aromatic carbocycles. The molecule has 0 bridgehead atoms. The molecule has 2 atom stereocenters. The van der Waals surface area contributed by atoms with Gasteiger partial charge in [-0.05, 0) is 35.7 Å². The first-order valence-electron chi connectivity index (χ1n) is 9.38. The first kappa shape index (κ1) is 18.3.